The third-order valence-electron chi connectivity index (χ3n) is 2.52. The van der Waals surface area contributed by atoms with Crippen LogP contribution in [0.3, 0.4) is 0 Å². The first kappa shape index (κ1) is 12.8. The standard InChI is InChI=1S/C11H11N3O5/c1-7(15)19-12-11(16)9-6-8(13-4-5-13)2-3-10(9)14(17)18/h2-3,6H,4-5H2,1H3,(H,12,16). The van der Waals surface area contributed by atoms with E-state index in [4.69, 9.17) is 0 Å². The van der Waals surface area contributed by atoms with Gasteiger partial charge in [-0.05, 0) is 12.1 Å². The Balaban J connectivity index is 2.28. The van der Waals surface area contributed by atoms with Crippen molar-refractivity contribution < 1.29 is 19.3 Å². The molecule has 1 amide bonds. The summed E-state index contributed by atoms with van der Waals surface area (Å²) in [6.45, 7) is 2.81. The number of nitrogens with zero attached hydrogens (tertiary/aromatic N) is 2. The molecule has 0 radical (unpaired) electrons. The molecule has 1 saturated heterocycles. The minimum atomic E-state index is -0.828. The van der Waals surface area contributed by atoms with Gasteiger partial charge in [0.25, 0.3) is 11.6 Å². The van der Waals surface area contributed by atoms with E-state index in [1.165, 1.54) is 12.1 Å². The summed E-state index contributed by atoms with van der Waals surface area (Å²) >= 11 is 0. The summed E-state index contributed by atoms with van der Waals surface area (Å²) in [5.74, 6) is -1.54. The van der Waals surface area contributed by atoms with E-state index in [1.54, 1.807) is 6.07 Å². The molecule has 0 aliphatic carbocycles. The molecule has 1 aromatic carbocycles. The summed E-state index contributed by atoms with van der Waals surface area (Å²) in [4.78, 5) is 38.8. The molecule has 1 aliphatic heterocycles. The number of hydroxylamine groups is 1. The first-order valence-electron chi connectivity index (χ1n) is 5.50. The Labute approximate surface area is 108 Å². The van der Waals surface area contributed by atoms with Gasteiger partial charge in [0.05, 0.1) is 4.92 Å². The summed E-state index contributed by atoms with van der Waals surface area (Å²) in [5.41, 5.74) is 2.11. The number of hydrogen-bond donors (Lipinski definition) is 1. The zero-order valence-corrected chi connectivity index (χ0v) is 10.1. The number of anilines is 1. The van der Waals surface area contributed by atoms with Crippen LogP contribution in [0, 0.1) is 10.1 Å². The van der Waals surface area contributed by atoms with Crippen LogP contribution in [0.25, 0.3) is 0 Å². The highest BCUT2D eigenvalue weighted by Gasteiger charge is 2.25. The number of nitro benzene ring substituents is 1. The Kier molecular flexibility index (Phi) is 3.32. The van der Waals surface area contributed by atoms with Crippen LogP contribution in [0.4, 0.5) is 11.4 Å². The fourth-order valence-electron chi connectivity index (χ4n) is 1.54. The Bertz CT molecular complexity index is 553. The number of hydrogen-bond acceptors (Lipinski definition) is 6. The van der Waals surface area contributed by atoms with Crippen molar-refractivity contribution in [2.45, 2.75) is 6.92 Å². The maximum atomic E-state index is 11.8. The van der Waals surface area contributed by atoms with Crippen LogP contribution < -0.4 is 10.4 Å². The van der Waals surface area contributed by atoms with E-state index in [2.05, 4.69) is 4.84 Å². The first-order chi connectivity index (χ1) is 8.99. The van der Waals surface area contributed by atoms with Crippen LogP contribution in [0.5, 0.6) is 0 Å². The second kappa shape index (κ2) is 4.92. The molecule has 0 bridgehead atoms. The van der Waals surface area contributed by atoms with Gasteiger partial charge >= 0.3 is 5.97 Å². The predicted octanol–water partition coefficient (Wildman–Crippen LogP) is 0.623. The van der Waals surface area contributed by atoms with Crippen molar-refractivity contribution in [3.05, 3.63) is 33.9 Å². The van der Waals surface area contributed by atoms with Crippen LogP contribution in [-0.4, -0.2) is 29.9 Å². The summed E-state index contributed by atoms with van der Waals surface area (Å²) < 4.78 is 0. The SMILES string of the molecule is CC(=O)ONC(=O)c1cc(N2CC2)ccc1[N+](=O)[O-]. The Hall–Kier alpha value is -2.64. The molecule has 8 heteroatoms. The van der Waals surface area contributed by atoms with Crippen molar-refractivity contribution in [1.29, 1.82) is 0 Å². The molecule has 0 atom stereocenters. The van der Waals surface area contributed by atoms with Crippen molar-refractivity contribution in [1.82, 2.24) is 5.48 Å². The van der Waals surface area contributed by atoms with Crippen molar-refractivity contribution in [3.63, 3.8) is 0 Å². The molecule has 0 saturated carbocycles. The summed E-state index contributed by atoms with van der Waals surface area (Å²) in [7, 11) is 0. The van der Waals surface area contributed by atoms with E-state index in [9.17, 15) is 19.7 Å². The molecule has 19 heavy (non-hydrogen) atoms. The molecule has 1 heterocycles. The molecule has 100 valence electrons. The Morgan fingerprint density at radius 1 is 1.42 bits per heavy atom. The molecule has 1 aromatic rings. The van der Waals surface area contributed by atoms with E-state index in [1.807, 2.05) is 10.4 Å². The van der Waals surface area contributed by atoms with Gasteiger partial charge in [-0.15, -0.1) is 0 Å². The van der Waals surface area contributed by atoms with Gasteiger partial charge in [0.2, 0.25) is 0 Å². The maximum Gasteiger partial charge on any atom is 0.329 e. The Morgan fingerprint density at radius 3 is 2.63 bits per heavy atom. The van der Waals surface area contributed by atoms with Crippen molar-refractivity contribution in [3.8, 4) is 0 Å². The molecule has 0 spiro atoms. The second-order valence-corrected chi connectivity index (χ2v) is 3.97. The number of nitrogens with one attached hydrogen (secondary N) is 1. The largest absolute Gasteiger partial charge is 0.368 e. The lowest BCUT2D eigenvalue weighted by atomic mass is 10.1. The van der Waals surface area contributed by atoms with Crippen LogP contribution in [0.1, 0.15) is 17.3 Å². The van der Waals surface area contributed by atoms with Gasteiger partial charge in [0.1, 0.15) is 5.56 Å². The number of carbonyl (C=O) groups excluding carboxylic acids is 2. The van der Waals surface area contributed by atoms with Crippen molar-refractivity contribution >= 4 is 23.3 Å². The first-order valence-corrected chi connectivity index (χ1v) is 5.50. The zero-order chi connectivity index (χ0) is 14.0. The molecular weight excluding hydrogens is 254 g/mol. The number of benzene rings is 1. The van der Waals surface area contributed by atoms with Crippen molar-refractivity contribution in [2.24, 2.45) is 0 Å². The van der Waals surface area contributed by atoms with Gasteiger partial charge in [-0.25, -0.2) is 0 Å². The van der Waals surface area contributed by atoms with E-state index in [0.717, 1.165) is 25.7 Å². The third kappa shape index (κ3) is 2.97. The van der Waals surface area contributed by atoms with Gasteiger partial charge in [0.15, 0.2) is 0 Å². The summed E-state index contributed by atoms with van der Waals surface area (Å²) in [5, 5.41) is 10.9. The lowest BCUT2D eigenvalue weighted by Gasteiger charge is -2.07. The quantitative estimate of drug-likeness (QED) is 0.488. The molecular formula is C11H11N3O5. The molecule has 1 fully saturated rings. The number of rotatable bonds is 3. The fraction of sp³-hybridized carbons (Fsp3) is 0.273. The monoisotopic (exact) mass is 265 g/mol. The van der Waals surface area contributed by atoms with Crippen LogP contribution in [0.15, 0.2) is 18.2 Å². The lowest BCUT2D eigenvalue weighted by molar-refractivity contribution is -0.385. The molecule has 2 rings (SSSR count). The van der Waals surface area contributed by atoms with E-state index in [0.29, 0.717) is 0 Å². The average Bonchev–Trinajstić information content (AvgIpc) is 3.19. The minimum Gasteiger partial charge on any atom is -0.368 e. The summed E-state index contributed by atoms with van der Waals surface area (Å²) in [6.07, 6.45) is 0. The summed E-state index contributed by atoms with van der Waals surface area (Å²) in [6, 6.07) is 4.24. The number of carbonyl (C=O) groups is 2. The second-order valence-electron chi connectivity index (χ2n) is 3.97. The minimum absolute atomic E-state index is 0.143. The van der Waals surface area contributed by atoms with Crippen LogP contribution in [-0.2, 0) is 9.63 Å². The number of nitro groups is 1. The highest BCUT2D eigenvalue weighted by molar-refractivity contribution is 5.99. The predicted molar refractivity (Wildman–Crippen MR) is 64.5 cm³/mol. The van der Waals surface area contributed by atoms with Gasteiger partial charge in [-0.3, -0.25) is 19.7 Å². The fourth-order valence-corrected chi connectivity index (χ4v) is 1.54. The smallest absolute Gasteiger partial charge is 0.329 e. The van der Waals surface area contributed by atoms with Crippen LogP contribution >= 0.6 is 0 Å². The zero-order valence-electron chi connectivity index (χ0n) is 10.1. The molecule has 1 aliphatic rings. The molecule has 8 nitrogen and oxygen atoms in total. The third-order valence-corrected chi connectivity index (χ3v) is 2.52. The van der Waals surface area contributed by atoms with Crippen LogP contribution in [0.2, 0.25) is 0 Å². The Morgan fingerprint density at radius 2 is 2.11 bits per heavy atom. The lowest BCUT2D eigenvalue weighted by Crippen LogP contribution is -2.26. The maximum absolute atomic E-state index is 11.8. The highest BCUT2D eigenvalue weighted by atomic mass is 16.7. The van der Waals surface area contributed by atoms with Gasteiger partial charge < -0.3 is 9.74 Å². The highest BCUT2D eigenvalue weighted by Crippen LogP contribution is 2.28. The molecule has 0 aromatic heterocycles. The van der Waals surface area contributed by atoms with E-state index in [-0.39, 0.29) is 11.3 Å². The molecule has 1 N–H and O–H groups in total. The topological polar surface area (TPSA) is 102 Å². The van der Waals surface area contributed by atoms with Crippen molar-refractivity contribution in [2.75, 3.05) is 18.0 Å². The van der Waals surface area contributed by atoms with Gasteiger partial charge in [-0.1, -0.05) is 0 Å². The van der Waals surface area contributed by atoms with Gasteiger partial charge in [-0.2, -0.15) is 5.48 Å². The van der Waals surface area contributed by atoms with E-state index < -0.39 is 16.8 Å². The average molecular weight is 265 g/mol. The normalized spacial score (nSPS) is 12.8. The molecule has 0 unspecified atom stereocenters. The van der Waals surface area contributed by atoms with E-state index >= 15 is 0 Å². The van der Waals surface area contributed by atoms with Gasteiger partial charge in [0, 0.05) is 31.8 Å². The number of amides is 1.